The van der Waals surface area contributed by atoms with E-state index in [2.05, 4.69) is 15.6 Å². The van der Waals surface area contributed by atoms with Gasteiger partial charge in [-0.1, -0.05) is 12.1 Å². The maximum absolute atomic E-state index is 13.9. The van der Waals surface area contributed by atoms with Crippen LogP contribution in [0.25, 0.3) is 0 Å². The van der Waals surface area contributed by atoms with Crippen LogP contribution in [0.15, 0.2) is 36.7 Å². The van der Waals surface area contributed by atoms with Crippen LogP contribution in [0.1, 0.15) is 47.4 Å². The molecule has 2 heterocycles. The van der Waals surface area contributed by atoms with E-state index in [9.17, 15) is 22.8 Å². The van der Waals surface area contributed by atoms with Crippen molar-refractivity contribution in [3.63, 3.8) is 0 Å². The Kier molecular flexibility index (Phi) is 6.90. The summed E-state index contributed by atoms with van der Waals surface area (Å²) in [5.41, 5.74) is 2.55. The lowest BCUT2D eigenvalue weighted by atomic mass is 9.80. The van der Waals surface area contributed by atoms with E-state index >= 15 is 0 Å². The molecule has 1 saturated carbocycles. The van der Waals surface area contributed by atoms with Gasteiger partial charge in [0.2, 0.25) is 11.8 Å². The SMILES string of the molecule is Cc1c(CC(CNC(=O)CC(c2cccnc2)C2(C(F)(F)F)CC2)N(C)C)ccc2c1CC(=O)N2. The second kappa shape index (κ2) is 9.60. The van der Waals surface area contributed by atoms with Gasteiger partial charge in [-0.2, -0.15) is 13.2 Å². The molecular weight excluding hydrogens is 457 g/mol. The van der Waals surface area contributed by atoms with Gasteiger partial charge >= 0.3 is 6.18 Å². The van der Waals surface area contributed by atoms with Gasteiger partial charge in [0.05, 0.1) is 11.8 Å². The Labute approximate surface area is 203 Å². The zero-order chi connectivity index (χ0) is 25.4. The van der Waals surface area contributed by atoms with Crippen LogP contribution in [0, 0.1) is 12.3 Å². The number of aromatic nitrogens is 1. The largest absolute Gasteiger partial charge is 0.395 e. The summed E-state index contributed by atoms with van der Waals surface area (Å²) in [7, 11) is 3.82. The van der Waals surface area contributed by atoms with Crippen LogP contribution in [0.3, 0.4) is 0 Å². The highest BCUT2D eigenvalue weighted by Crippen LogP contribution is 2.66. The van der Waals surface area contributed by atoms with Gasteiger partial charge < -0.3 is 15.5 Å². The van der Waals surface area contributed by atoms with E-state index in [1.807, 2.05) is 38.1 Å². The maximum Gasteiger partial charge on any atom is 0.395 e. The van der Waals surface area contributed by atoms with E-state index in [1.54, 1.807) is 12.1 Å². The monoisotopic (exact) mass is 488 g/mol. The topological polar surface area (TPSA) is 74.3 Å². The van der Waals surface area contributed by atoms with E-state index in [-0.39, 0.29) is 31.2 Å². The van der Waals surface area contributed by atoms with Crippen molar-refractivity contribution in [2.75, 3.05) is 26.0 Å². The molecule has 1 aromatic heterocycles. The molecule has 6 nitrogen and oxygen atoms in total. The number of rotatable bonds is 9. The van der Waals surface area contributed by atoms with Crippen LogP contribution < -0.4 is 10.6 Å². The second-order valence-corrected chi connectivity index (χ2v) is 9.92. The third-order valence-electron chi connectivity index (χ3n) is 7.54. The van der Waals surface area contributed by atoms with Crippen LogP contribution in [0.5, 0.6) is 0 Å². The Hall–Kier alpha value is -2.94. The first kappa shape index (κ1) is 25.2. The summed E-state index contributed by atoms with van der Waals surface area (Å²) in [6.45, 7) is 2.29. The number of hydrogen-bond donors (Lipinski definition) is 2. The highest BCUT2D eigenvalue weighted by molar-refractivity contribution is 5.99. The lowest BCUT2D eigenvalue weighted by Crippen LogP contribution is -2.43. The number of nitrogens with one attached hydrogen (secondary N) is 2. The summed E-state index contributed by atoms with van der Waals surface area (Å²) >= 11 is 0. The summed E-state index contributed by atoms with van der Waals surface area (Å²) in [5.74, 6) is -1.38. The Morgan fingerprint density at radius 1 is 1.26 bits per heavy atom. The molecule has 2 aliphatic rings. The lowest BCUT2D eigenvalue weighted by molar-refractivity contribution is -0.194. The van der Waals surface area contributed by atoms with Crippen LogP contribution in [0.2, 0.25) is 0 Å². The third kappa shape index (κ3) is 5.19. The lowest BCUT2D eigenvalue weighted by Gasteiger charge is -2.30. The first-order valence-corrected chi connectivity index (χ1v) is 11.8. The first-order valence-electron chi connectivity index (χ1n) is 11.8. The van der Waals surface area contributed by atoms with Gasteiger partial charge in [0, 0.05) is 43.0 Å². The Balaban J connectivity index is 1.44. The van der Waals surface area contributed by atoms with E-state index in [1.165, 1.54) is 12.4 Å². The third-order valence-corrected chi connectivity index (χ3v) is 7.54. The zero-order valence-electron chi connectivity index (χ0n) is 20.2. The van der Waals surface area contributed by atoms with Gasteiger partial charge in [-0.25, -0.2) is 0 Å². The molecule has 1 aliphatic heterocycles. The van der Waals surface area contributed by atoms with Crippen LogP contribution in [-0.4, -0.2) is 54.6 Å². The number of alkyl halides is 3. The minimum absolute atomic E-state index is 0.0212. The molecule has 2 N–H and O–H groups in total. The van der Waals surface area contributed by atoms with Crippen molar-refractivity contribution >= 4 is 17.5 Å². The summed E-state index contributed by atoms with van der Waals surface area (Å²) in [5, 5.41) is 5.73. The molecule has 4 rings (SSSR count). The van der Waals surface area contributed by atoms with Gasteiger partial charge in [0.15, 0.2) is 0 Å². The molecule has 1 fully saturated rings. The molecule has 0 bridgehead atoms. The second-order valence-electron chi connectivity index (χ2n) is 9.92. The molecule has 1 aromatic carbocycles. The Bertz CT molecular complexity index is 1100. The van der Waals surface area contributed by atoms with E-state index < -0.39 is 23.4 Å². The number of amides is 2. The summed E-state index contributed by atoms with van der Waals surface area (Å²) in [4.78, 5) is 30.6. The van der Waals surface area contributed by atoms with Crippen molar-refractivity contribution in [3.8, 4) is 0 Å². The molecule has 188 valence electrons. The molecule has 2 atom stereocenters. The quantitative estimate of drug-likeness (QED) is 0.560. The van der Waals surface area contributed by atoms with Gasteiger partial charge in [-0.05, 0) is 74.7 Å². The molecule has 0 spiro atoms. The van der Waals surface area contributed by atoms with Crippen LogP contribution >= 0.6 is 0 Å². The fourth-order valence-corrected chi connectivity index (χ4v) is 5.09. The average Bonchev–Trinajstić information content (AvgIpc) is 3.53. The standard InChI is InChI=1S/C26H31F3N4O2/c1-16-17(6-7-22-20(16)12-24(35)32-22)11-19(33(2)3)15-31-23(34)13-21(18-5-4-10-30-14-18)25(8-9-25)26(27,28)29/h4-7,10,14,19,21H,8-9,11-13,15H2,1-3H3,(H,31,34)(H,32,35). The van der Waals surface area contributed by atoms with Crippen molar-refractivity contribution in [3.05, 3.63) is 58.9 Å². The van der Waals surface area contributed by atoms with E-state index in [4.69, 9.17) is 0 Å². The summed E-state index contributed by atoms with van der Waals surface area (Å²) in [6.07, 6.45) is -0.616. The van der Waals surface area contributed by atoms with Gasteiger partial charge in [0.25, 0.3) is 0 Å². The smallest absolute Gasteiger partial charge is 0.355 e. The highest BCUT2D eigenvalue weighted by atomic mass is 19.4. The molecule has 2 amide bonds. The number of nitrogens with zero attached hydrogens (tertiary/aromatic N) is 2. The van der Waals surface area contributed by atoms with Crippen molar-refractivity contribution in [2.24, 2.45) is 5.41 Å². The van der Waals surface area contributed by atoms with Crippen molar-refractivity contribution in [2.45, 2.75) is 57.2 Å². The Morgan fingerprint density at radius 2 is 2.00 bits per heavy atom. The molecule has 35 heavy (non-hydrogen) atoms. The van der Waals surface area contributed by atoms with Crippen LogP contribution in [-0.2, 0) is 22.4 Å². The Morgan fingerprint density at radius 3 is 2.60 bits per heavy atom. The highest BCUT2D eigenvalue weighted by Gasteiger charge is 2.67. The van der Waals surface area contributed by atoms with Gasteiger partial charge in [-0.15, -0.1) is 0 Å². The number of carbonyl (C=O) groups is 2. The predicted molar refractivity (Wildman–Crippen MR) is 127 cm³/mol. The number of halogens is 3. The summed E-state index contributed by atoms with van der Waals surface area (Å²) in [6, 6.07) is 7.05. The van der Waals surface area contributed by atoms with Crippen molar-refractivity contribution in [1.29, 1.82) is 0 Å². The predicted octanol–water partition coefficient (Wildman–Crippen LogP) is 3.99. The molecule has 2 unspecified atom stereocenters. The van der Waals surface area contributed by atoms with E-state index in [0.717, 1.165) is 22.4 Å². The number of fused-ring (bicyclic) bond motifs is 1. The fourth-order valence-electron chi connectivity index (χ4n) is 5.09. The zero-order valence-corrected chi connectivity index (χ0v) is 20.2. The molecule has 0 saturated heterocycles. The number of anilines is 1. The van der Waals surface area contributed by atoms with Crippen LogP contribution in [0.4, 0.5) is 18.9 Å². The number of benzene rings is 1. The molecule has 1 aliphatic carbocycles. The number of carbonyl (C=O) groups excluding carboxylic acids is 2. The molecule has 2 aromatic rings. The van der Waals surface area contributed by atoms with Crippen molar-refractivity contribution < 1.29 is 22.8 Å². The molecule has 0 radical (unpaired) electrons. The minimum Gasteiger partial charge on any atom is -0.355 e. The van der Waals surface area contributed by atoms with E-state index in [0.29, 0.717) is 24.9 Å². The fraction of sp³-hybridized carbons (Fsp3) is 0.500. The maximum atomic E-state index is 13.9. The summed E-state index contributed by atoms with van der Waals surface area (Å²) < 4.78 is 41.7. The number of pyridine rings is 1. The molecule has 9 heteroatoms. The van der Waals surface area contributed by atoms with Crippen molar-refractivity contribution in [1.82, 2.24) is 15.2 Å². The molecular formula is C26H31F3N4O2. The normalized spacial score (nSPS) is 18.1. The minimum atomic E-state index is -4.37. The number of likely N-dealkylation sites (N-methyl/N-ethyl adjacent to an activating group) is 1. The average molecular weight is 489 g/mol. The van der Waals surface area contributed by atoms with Gasteiger partial charge in [0.1, 0.15) is 0 Å². The van der Waals surface area contributed by atoms with Gasteiger partial charge in [-0.3, -0.25) is 14.6 Å². The number of hydrogen-bond acceptors (Lipinski definition) is 4. The first-order chi connectivity index (χ1) is 16.5.